The van der Waals surface area contributed by atoms with Crippen LogP contribution in [-0.4, -0.2) is 77.4 Å². The molecule has 1 aliphatic heterocycles. The first-order valence-electron chi connectivity index (χ1n) is 10.9. The Hall–Kier alpha value is -2.98. The molecule has 2 aromatic rings. The number of hydrogen-bond acceptors (Lipinski definition) is 7. The highest BCUT2D eigenvalue weighted by Crippen LogP contribution is 2.28. The Kier molecular flexibility index (Phi) is 8.79. The number of carbonyl (C=O) groups is 1. The van der Waals surface area contributed by atoms with Crippen molar-refractivity contribution >= 4 is 21.6 Å². The van der Waals surface area contributed by atoms with Crippen molar-refractivity contribution in [2.45, 2.75) is 6.92 Å². The van der Waals surface area contributed by atoms with E-state index in [1.807, 2.05) is 31.2 Å². The number of sulfonamides is 1. The van der Waals surface area contributed by atoms with Gasteiger partial charge in [0, 0.05) is 32.7 Å². The fourth-order valence-corrected chi connectivity index (χ4v) is 4.88. The van der Waals surface area contributed by atoms with E-state index in [-0.39, 0.29) is 24.8 Å². The maximum atomic E-state index is 12.7. The van der Waals surface area contributed by atoms with Crippen molar-refractivity contribution in [1.82, 2.24) is 9.62 Å². The SMILES string of the molecule is CCOc1ccc(OCC(=O)NCCS(=O)(=O)N2CCN(c3ccccc3OC)CC2)cc1. The van der Waals surface area contributed by atoms with Crippen molar-refractivity contribution < 1.29 is 27.4 Å². The lowest BCUT2D eigenvalue weighted by Gasteiger charge is -2.35. The zero-order valence-corrected chi connectivity index (χ0v) is 19.8. The third kappa shape index (κ3) is 7.00. The summed E-state index contributed by atoms with van der Waals surface area (Å²) in [5.74, 6) is 1.50. The molecule has 33 heavy (non-hydrogen) atoms. The normalized spacial score (nSPS) is 14.5. The lowest BCUT2D eigenvalue weighted by atomic mass is 10.2. The van der Waals surface area contributed by atoms with Crippen LogP contribution in [-0.2, 0) is 14.8 Å². The summed E-state index contributed by atoms with van der Waals surface area (Å²) in [6.45, 7) is 4.22. The number of rotatable bonds is 11. The van der Waals surface area contributed by atoms with Gasteiger partial charge in [-0.25, -0.2) is 8.42 Å². The van der Waals surface area contributed by atoms with Crippen LogP contribution in [0.3, 0.4) is 0 Å². The number of benzene rings is 2. The second-order valence-electron chi connectivity index (χ2n) is 7.42. The van der Waals surface area contributed by atoms with Gasteiger partial charge >= 0.3 is 0 Å². The highest BCUT2D eigenvalue weighted by Gasteiger charge is 2.27. The van der Waals surface area contributed by atoms with Crippen molar-refractivity contribution in [1.29, 1.82) is 0 Å². The lowest BCUT2D eigenvalue weighted by molar-refractivity contribution is -0.122. The van der Waals surface area contributed by atoms with Gasteiger partial charge in [-0.2, -0.15) is 4.31 Å². The summed E-state index contributed by atoms with van der Waals surface area (Å²) >= 11 is 0. The van der Waals surface area contributed by atoms with E-state index >= 15 is 0 Å². The molecule has 1 saturated heterocycles. The largest absolute Gasteiger partial charge is 0.495 e. The van der Waals surface area contributed by atoms with E-state index in [1.54, 1.807) is 31.4 Å². The van der Waals surface area contributed by atoms with Crippen molar-refractivity contribution in [3.8, 4) is 17.2 Å². The molecule has 0 aromatic heterocycles. The Morgan fingerprint density at radius 1 is 0.970 bits per heavy atom. The molecule has 1 amide bonds. The first kappa shape index (κ1) is 24.7. The molecule has 1 N–H and O–H groups in total. The van der Waals surface area contributed by atoms with E-state index in [9.17, 15) is 13.2 Å². The number of nitrogens with zero attached hydrogens (tertiary/aromatic N) is 2. The molecule has 1 aliphatic rings. The van der Waals surface area contributed by atoms with Crippen LogP contribution in [0.1, 0.15) is 6.92 Å². The maximum absolute atomic E-state index is 12.7. The van der Waals surface area contributed by atoms with Crippen LogP contribution < -0.4 is 24.4 Å². The Balaban J connectivity index is 1.39. The van der Waals surface area contributed by atoms with E-state index in [0.717, 1.165) is 17.2 Å². The van der Waals surface area contributed by atoms with Gasteiger partial charge in [-0.15, -0.1) is 0 Å². The average molecular weight is 478 g/mol. The molecule has 9 nitrogen and oxygen atoms in total. The third-order valence-corrected chi connectivity index (χ3v) is 7.12. The Morgan fingerprint density at radius 2 is 1.61 bits per heavy atom. The summed E-state index contributed by atoms with van der Waals surface area (Å²) in [4.78, 5) is 14.1. The van der Waals surface area contributed by atoms with E-state index in [4.69, 9.17) is 14.2 Å². The van der Waals surface area contributed by atoms with E-state index in [1.165, 1.54) is 4.31 Å². The molecule has 0 unspecified atom stereocenters. The first-order valence-corrected chi connectivity index (χ1v) is 12.5. The minimum atomic E-state index is -3.47. The van der Waals surface area contributed by atoms with E-state index < -0.39 is 10.0 Å². The van der Waals surface area contributed by atoms with Gasteiger partial charge in [-0.3, -0.25) is 4.79 Å². The number of amides is 1. The van der Waals surface area contributed by atoms with Gasteiger partial charge in [-0.1, -0.05) is 12.1 Å². The van der Waals surface area contributed by atoms with Gasteiger partial charge in [-0.05, 0) is 43.3 Å². The number of carbonyl (C=O) groups excluding carboxylic acids is 1. The van der Waals surface area contributed by atoms with Crippen LogP contribution in [0.4, 0.5) is 5.69 Å². The summed E-state index contributed by atoms with van der Waals surface area (Å²) < 4.78 is 43.0. The van der Waals surface area contributed by atoms with E-state index in [2.05, 4.69) is 10.2 Å². The summed E-state index contributed by atoms with van der Waals surface area (Å²) in [5.41, 5.74) is 0.955. The summed E-state index contributed by atoms with van der Waals surface area (Å²) in [6.07, 6.45) is 0. The second kappa shape index (κ2) is 11.8. The molecule has 0 bridgehead atoms. The number of ether oxygens (including phenoxy) is 3. The monoisotopic (exact) mass is 477 g/mol. The van der Waals surface area contributed by atoms with Crippen LogP contribution in [0.5, 0.6) is 17.2 Å². The second-order valence-corrected chi connectivity index (χ2v) is 9.51. The van der Waals surface area contributed by atoms with Crippen LogP contribution in [0.2, 0.25) is 0 Å². The van der Waals surface area contributed by atoms with Gasteiger partial charge in [0.05, 0.1) is 25.2 Å². The molecule has 0 radical (unpaired) electrons. The van der Waals surface area contributed by atoms with Gasteiger partial charge in [0.1, 0.15) is 17.2 Å². The van der Waals surface area contributed by atoms with Crippen molar-refractivity contribution in [2.24, 2.45) is 0 Å². The van der Waals surface area contributed by atoms with Crippen LogP contribution in [0.15, 0.2) is 48.5 Å². The summed E-state index contributed by atoms with van der Waals surface area (Å²) in [5, 5.41) is 2.61. The number of methoxy groups -OCH3 is 1. The number of para-hydroxylation sites is 2. The molecule has 2 aromatic carbocycles. The van der Waals surface area contributed by atoms with Gasteiger partial charge < -0.3 is 24.4 Å². The Bertz CT molecular complexity index is 1010. The fourth-order valence-electron chi connectivity index (χ4n) is 3.55. The standard InChI is InChI=1S/C23H31N3O6S/c1-3-31-19-8-10-20(11-9-19)32-18-23(27)24-12-17-33(28,29)26-15-13-25(14-16-26)21-6-4-5-7-22(21)30-2/h4-11H,3,12-18H2,1-2H3,(H,24,27). The highest BCUT2D eigenvalue weighted by atomic mass is 32.2. The first-order chi connectivity index (χ1) is 15.9. The number of piperazine rings is 1. The molecule has 1 heterocycles. The molecular formula is C23H31N3O6S. The summed E-state index contributed by atoms with van der Waals surface area (Å²) in [7, 11) is -1.85. The predicted molar refractivity (Wildman–Crippen MR) is 127 cm³/mol. The molecular weight excluding hydrogens is 446 g/mol. The van der Waals surface area contributed by atoms with Gasteiger partial charge in [0.25, 0.3) is 5.91 Å². The predicted octanol–water partition coefficient (Wildman–Crippen LogP) is 1.74. The zero-order valence-electron chi connectivity index (χ0n) is 19.0. The maximum Gasteiger partial charge on any atom is 0.257 e. The molecule has 10 heteroatoms. The zero-order chi connectivity index (χ0) is 23.7. The van der Waals surface area contributed by atoms with Crippen molar-refractivity contribution in [2.75, 3.05) is 63.7 Å². The number of hydrogen-bond donors (Lipinski definition) is 1. The highest BCUT2D eigenvalue weighted by molar-refractivity contribution is 7.89. The molecule has 0 saturated carbocycles. The van der Waals surface area contributed by atoms with Crippen LogP contribution >= 0.6 is 0 Å². The Labute approximate surface area is 195 Å². The topological polar surface area (TPSA) is 97.4 Å². The van der Waals surface area contributed by atoms with Crippen molar-refractivity contribution in [3.05, 3.63) is 48.5 Å². The van der Waals surface area contributed by atoms with Crippen LogP contribution in [0, 0.1) is 0 Å². The molecule has 0 atom stereocenters. The lowest BCUT2D eigenvalue weighted by Crippen LogP contribution is -2.50. The number of anilines is 1. The molecule has 3 rings (SSSR count). The average Bonchev–Trinajstić information content (AvgIpc) is 2.84. The number of nitrogens with one attached hydrogen (secondary N) is 1. The molecule has 0 spiro atoms. The van der Waals surface area contributed by atoms with Crippen LogP contribution in [0.25, 0.3) is 0 Å². The van der Waals surface area contributed by atoms with Gasteiger partial charge in [0.15, 0.2) is 6.61 Å². The quantitative estimate of drug-likeness (QED) is 0.527. The van der Waals surface area contributed by atoms with E-state index in [0.29, 0.717) is 38.5 Å². The third-order valence-electron chi connectivity index (χ3n) is 5.24. The van der Waals surface area contributed by atoms with Crippen molar-refractivity contribution in [3.63, 3.8) is 0 Å². The minimum absolute atomic E-state index is 0.0283. The molecule has 1 fully saturated rings. The fraction of sp³-hybridized carbons (Fsp3) is 0.435. The van der Waals surface area contributed by atoms with Gasteiger partial charge in [0.2, 0.25) is 10.0 Å². The summed E-state index contributed by atoms with van der Waals surface area (Å²) in [6, 6.07) is 14.6. The molecule has 180 valence electrons. The Morgan fingerprint density at radius 3 is 2.24 bits per heavy atom. The molecule has 0 aliphatic carbocycles. The minimum Gasteiger partial charge on any atom is -0.495 e. The smallest absolute Gasteiger partial charge is 0.257 e.